The van der Waals surface area contributed by atoms with Crippen LogP contribution in [0, 0.1) is 5.92 Å². The predicted molar refractivity (Wildman–Crippen MR) is 65.3 cm³/mol. The van der Waals surface area contributed by atoms with Gasteiger partial charge in [-0.3, -0.25) is 0 Å². The Morgan fingerprint density at radius 1 is 1.29 bits per heavy atom. The van der Waals surface area contributed by atoms with Gasteiger partial charge < -0.3 is 4.90 Å². The molecule has 0 aromatic heterocycles. The maximum Gasteiger partial charge on any atom is 0.0316 e. The molecule has 0 N–H and O–H groups in total. The molecule has 0 aliphatic heterocycles. The van der Waals surface area contributed by atoms with Crippen LogP contribution in [0.4, 0.5) is 0 Å². The molecule has 0 radical (unpaired) electrons. The summed E-state index contributed by atoms with van der Waals surface area (Å²) in [6.45, 7) is 18.9. The first kappa shape index (κ1) is 13.3. The van der Waals surface area contributed by atoms with E-state index in [1.54, 1.807) is 0 Å². The second kappa shape index (κ2) is 6.69. The van der Waals surface area contributed by atoms with Crippen LogP contribution >= 0.6 is 0 Å². The summed E-state index contributed by atoms with van der Waals surface area (Å²) in [5, 5.41) is 0. The maximum atomic E-state index is 4.06. The third kappa shape index (κ3) is 4.50. The van der Waals surface area contributed by atoms with Crippen LogP contribution < -0.4 is 0 Å². The first-order valence-electron chi connectivity index (χ1n) is 5.62. The van der Waals surface area contributed by atoms with E-state index in [0.717, 1.165) is 30.3 Å². The summed E-state index contributed by atoms with van der Waals surface area (Å²) in [5.41, 5.74) is 2.17. The van der Waals surface area contributed by atoms with E-state index >= 15 is 0 Å². The predicted octanol–water partition coefficient (Wildman–Crippen LogP) is 3.83. The van der Waals surface area contributed by atoms with Gasteiger partial charge >= 0.3 is 0 Å². The lowest BCUT2D eigenvalue weighted by Gasteiger charge is -2.28. The van der Waals surface area contributed by atoms with Crippen molar-refractivity contribution in [3.8, 4) is 0 Å². The summed E-state index contributed by atoms with van der Waals surface area (Å²) < 4.78 is 0. The van der Waals surface area contributed by atoms with Crippen molar-refractivity contribution in [1.29, 1.82) is 0 Å². The Labute approximate surface area is 89.5 Å². The van der Waals surface area contributed by atoms with Crippen molar-refractivity contribution in [3.63, 3.8) is 0 Å². The highest BCUT2D eigenvalue weighted by molar-refractivity contribution is 5.21. The van der Waals surface area contributed by atoms with Crippen molar-refractivity contribution in [2.24, 2.45) is 5.92 Å². The summed E-state index contributed by atoms with van der Waals surface area (Å²) in [5.74, 6) is 0.746. The summed E-state index contributed by atoms with van der Waals surface area (Å²) in [6, 6.07) is 0. The van der Waals surface area contributed by atoms with Crippen molar-refractivity contribution in [3.05, 3.63) is 24.4 Å². The van der Waals surface area contributed by atoms with Crippen LogP contribution in [0.5, 0.6) is 0 Å². The first-order valence-corrected chi connectivity index (χ1v) is 5.62. The van der Waals surface area contributed by atoms with Crippen molar-refractivity contribution in [2.45, 2.75) is 40.5 Å². The van der Waals surface area contributed by atoms with E-state index in [2.05, 4.69) is 38.8 Å². The lowest BCUT2D eigenvalue weighted by molar-refractivity contribution is 0.303. The number of hydrogen-bond acceptors (Lipinski definition) is 1. The summed E-state index contributed by atoms with van der Waals surface area (Å²) in [4.78, 5) is 2.32. The highest BCUT2D eigenvalue weighted by atomic mass is 15.1. The largest absolute Gasteiger partial charge is 0.372 e. The zero-order valence-electron chi connectivity index (χ0n) is 10.3. The SMILES string of the molecule is C=C(C)C(=C)N(CC)CC(C)CCC. The van der Waals surface area contributed by atoms with Crippen molar-refractivity contribution >= 4 is 0 Å². The Morgan fingerprint density at radius 2 is 1.86 bits per heavy atom. The third-order valence-corrected chi connectivity index (χ3v) is 2.57. The Kier molecular flexibility index (Phi) is 6.35. The molecule has 1 unspecified atom stereocenters. The third-order valence-electron chi connectivity index (χ3n) is 2.57. The fourth-order valence-electron chi connectivity index (χ4n) is 1.66. The van der Waals surface area contributed by atoms with Crippen molar-refractivity contribution in [1.82, 2.24) is 4.90 Å². The fourth-order valence-corrected chi connectivity index (χ4v) is 1.66. The topological polar surface area (TPSA) is 3.24 Å². The number of nitrogens with zero attached hydrogens (tertiary/aromatic N) is 1. The van der Waals surface area contributed by atoms with Gasteiger partial charge in [-0.1, -0.05) is 33.4 Å². The van der Waals surface area contributed by atoms with Gasteiger partial charge in [0.05, 0.1) is 0 Å². The molecule has 0 fully saturated rings. The van der Waals surface area contributed by atoms with Crippen molar-refractivity contribution in [2.75, 3.05) is 13.1 Å². The van der Waals surface area contributed by atoms with Crippen LogP contribution in [0.25, 0.3) is 0 Å². The number of hydrogen-bond donors (Lipinski definition) is 0. The van der Waals surface area contributed by atoms with Crippen LogP contribution in [-0.2, 0) is 0 Å². The lowest BCUT2D eigenvalue weighted by Crippen LogP contribution is -2.27. The van der Waals surface area contributed by atoms with Gasteiger partial charge in [-0.25, -0.2) is 0 Å². The molecule has 0 heterocycles. The lowest BCUT2D eigenvalue weighted by atomic mass is 10.0. The van der Waals surface area contributed by atoms with Crippen LogP contribution in [0.15, 0.2) is 24.4 Å². The molecule has 14 heavy (non-hydrogen) atoms. The van der Waals surface area contributed by atoms with Gasteiger partial charge in [0.25, 0.3) is 0 Å². The maximum absolute atomic E-state index is 4.06. The van der Waals surface area contributed by atoms with Gasteiger partial charge in [0.15, 0.2) is 0 Å². The normalized spacial score (nSPS) is 12.3. The molecule has 0 bridgehead atoms. The molecule has 0 amide bonds. The van der Waals surface area contributed by atoms with Gasteiger partial charge in [-0.15, -0.1) is 0 Å². The van der Waals surface area contributed by atoms with Gasteiger partial charge in [-0.2, -0.15) is 0 Å². The molecule has 0 aromatic carbocycles. The van der Waals surface area contributed by atoms with Crippen LogP contribution in [0.1, 0.15) is 40.5 Å². The highest BCUT2D eigenvalue weighted by Crippen LogP contribution is 2.15. The van der Waals surface area contributed by atoms with E-state index < -0.39 is 0 Å². The number of rotatable bonds is 7. The van der Waals surface area contributed by atoms with Gasteiger partial charge in [0.1, 0.15) is 0 Å². The highest BCUT2D eigenvalue weighted by Gasteiger charge is 2.09. The van der Waals surface area contributed by atoms with E-state index in [0.29, 0.717) is 0 Å². The summed E-state index contributed by atoms with van der Waals surface area (Å²) in [7, 11) is 0. The minimum Gasteiger partial charge on any atom is -0.372 e. The van der Waals surface area contributed by atoms with Crippen LogP contribution in [0.2, 0.25) is 0 Å². The van der Waals surface area contributed by atoms with Crippen LogP contribution in [-0.4, -0.2) is 18.0 Å². The zero-order valence-corrected chi connectivity index (χ0v) is 10.3. The van der Waals surface area contributed by atoms with E-state index in [1.165, 1.54) is 12.8 Å². The average molecular weight is 195 g/mol. The van der Waals surface area contributed by atoms with E-state index in [1.807, 2.05) is 6.92 Å². The second-order valence-corrected chi connectivity index (χ2v) is 4.16. The van der Waals surface area contributed by atoms with E-state index in [4.69, 9.17) is 0 Å². The van der Waals surface area contributed by atoms with Gasteiger partial charge in [0.2, 0.25) is 0 Å². The molecule has 0 aliphatic rings. The molecule has 0 saturated heterocycles. The standard InChI is InChI=1S/C13H25N/c1-7-9-12(5)10-14(8-2)13(6)11(3)4/h12H,3,6-10H2,1-2,4-5H3. The molecular weight excluding hydrogens is 170 g/mol. The molecule has 1 nitrogen and oxygen atoms in total. The molecule has 0 rings (SSSR count). The molecule has 0 spiro atoms. The number of allylic oxidation sites excluding steroid dienone is 1. The molecule has 0 saturated carbocycles. The molecule has 0 aliphatic carbocycles. The fraction of sp³-hybridized carbons (Fsp3) is 0.692. The Hall–Kier alpha value is -0.720. The smallest absolute Gasteiger partial charge is 0.0316 e. The van der Waals surface area contributed by atoms with Crippen molar-refractivity contribution < 1.29 is 0 Å². The van der Waals surface area contributed by atoms with Gasteiger partial charge in [-0.05, 0) is 31.8 Å². The minimum absolute atomic E-state index is 0.746. The van der Waals surface area contributed by atoms with E-state index in [-0.39, 0.29) is 0 Å². The Balaban J connectivity index is 4.14. The number of likely N-dealkylation sites (N-methyl/N-ethyl adjacent to an activating group) is 1. The average Bonchev–Trinajstić information content (AvgIpc) is 2.13. The first-order chi connectivity index (χ1) is 6.52. The molecule has 1 atom stereocenters. The Morgan fingerprint density at radius 3 is 2.21 bits per heavy atom. The molecule has 82 valence electrons. The van der Waals surface area contributed by atoms with Gasteiger partial charge in [0, 0.05) is 18.8 Å². The summed E-state index contributed by atoms with van der Waals surface area (Å²) in [6.07, 6.45) is 2.55. The van der Waals surface area contributed by atoms with Crippen LogP contribution in [0.3, 0.4) is 0 Å². The Bertz CT molecular complexity index is 193. The zero-order chi connectivity index (χ0) is 11.1. The molecular formula is C13H25N. The summed E-state index contributed by atoms with van der Waals surface area (Å²) >= 11 is 0. The minimum atomic E-state index is 0.746. The van der Waals surface area contributed by atoms with E-state index in [9.17, 15) is 0 Å². The molecule has 1 heteroatoms. The molecule has 0 aromatic rings. The quantitative estimate of drug-likeness (QED) is 0.558. The monoisotopic (exact) mass is 195 g/mol. The second-order valence-electron chi connectivity index (χ2n) is 4.16.